The van der Waals surface area contributed by atoms with Gasteiger partial charge in [0.1, 0.15) is 5.75 Å². The second-order valence-electron chi connectivity index (χ2n) is 4.54. The highest BCUT2D eigenvalue weighted by Gasteiger charge is 2.09. The van der Waals surface area contributed by atoms with Crippen molar-refractivity contribution in [1.82, 2.24) is 16.2 Å². The Balaban J connectivity index is 1.72. The number of para-hydroxylation sites is 1. The average molecular weight is 364 g/mol. The first-order valence-corrected chi connectivity index (χ1v) is 7.67. The lowest BCUT2D eigenvalue weighted by atomic mass is 10.2. The molecule has 3 N–H and O–H groups in total. The largest absolute Gasteiger partial charge is 0.482 e. The summed E-state index contributed by atoms with van der Waals surface area (Å²) in [5, 5.41) is 2.81. The third-order valence-electron chi connectivity index (χ3n) is 2.77. The third kappa shape index (κ3) is 5.53. The number of carbonyl (C=O) groups excluding carboxylic acids is 2. The molecular weight excluding hydrogens is 350 g/mol. The Morgan fingerprint density at radius 1 is 1.00 bits per heavy atom. The van der Waals surface area contributed by atoms with Crippen LogP contribution >= 0.6 is 23.8 Å². The van der Waals surface area contributed by atoms with Crippen molar-refractivity contribution in [3.8, 4) is 5.75 Å². The SMILES string of the molecule is O=C(COc1ccccc1Cl)NNC(=S)NC(=O)c1ccccc1. The highest BCUT2D eigenvalue weighted by atomic mass is 35.5. The molecule has 6 nitrogen and oxygen atoms in total. The summed E-state index contributed by atoms with van der Waals surface area (Å²) >= 11 is 10.8. The molecule has 2 aromatic carbocycles. The van der Waals surface area contributed by atoms with Crippen LogP contribution in [-0.4, -0.2) is 23.5 Å². The van der Waals surface area contributed by atoms with Crippen molar-refractivity contribution in [2.75, 3.05) is 6.61 Å². The van der Waals surface area contributed by atoms with E-state index in [4.69, 9.17) is 28.6 Å². The average Bonchev–Trinajstić information content (AvgIpc) is 2.60. The van der Waals surface area contributed by atoms with Gasteiger partial charge in [-0.25, -0.2) is 0 Å². The zero-order valence-corrected chi connectivity index (χ0v) is 14.0. The number of hydrazine groups is 1. The number of hydrogen-bond donors (Lipinski definition) is 3. The van der Waals surface area contributed by atoms with Crippen LogP contribution in [0.5, 0.6) is 5.75 Å². The van der Waals surface area contributed by atoms with Crippen molar-refractivity contribution in [2.24, 2.45) is 0 Å². The summed E-state index contributed by atoms with van der Waals surface area (Å²) in [6.45, 7) is -0.258. The van der Waals surface area contributed by atoms with Crippen LogP contribution in [0, 0.1) is 0 Å². The fraction of sp³-hybridized carbons (Fsp3) is 0.0625. The van der Waals surface area contributed by atoms with Crippen LogP contribution < -0.4 is 20.9 Å². The minimum absolute atomic E-state index is 0.0325. The number of thiocarbonyl (C=S) groups is 1. The zero-order valence-electron chi connectivity index (χ0n) is 12.4. The highest BCUT2D eigenvalue weighted by molar-refractivity contribution is 7.80. The lowest BCUT2D eigenvalue weighted by molar-refractivity contribution is -0.123. The third-order valence-corrected chi connectivity index (χ3v) is 3.29. The van der Waals surface area contributed by atoms with E-state index in [0.717, 1.165) is 0 Å². The van der Waals surface area contributed by atoms with Crippen LogP contribution in [0.25, 0.3) is 0 Å². The molecule has 2 amide bonds. The minimum atomic E-state index is -0.480. The quantitative estimate of drug-likeness (QED) is 0.572. The second kappa shape index (κ2) is 8.85. The molecule has 0 atom stereocenters. The number of nitrogens with one attached hydrogen (secondary N) is 3. The van der Waals surface area contributed by atoms with E-state index in [-0.39, 0.29) is 17.6 Å². The maximum atomic E-state index is 11.9. The first-order chi connectivity index (χ1) is 11.6. The number of rotatable bonds is 4. The fourth-order valence-corrected chi connectivity index (χ4v) is 2.00. The molecule has 0 saturated carbocycles. The van der Waals surface area contributed by atoms with Crippen molar-refractivity contribution in [3.05, 3.63) is 65.2 Å². The van der Waals surface area contributed by atoms with Gasteiger partial charge in [-0.1, -0.05) is 41.9 Å². The molecule has 0 bridgehead atoms. The molecule has 0 heterocycles. The number of benzene rings is 2. The molecule has 0 aliphatic heterocycles. The predicted molar refractivity (Wildman–Crippen MR) is 94.7 cm³/mol. The van der Waals surface area contributed by atoms with Crippen molar-refractivity contribution in [1.29, 1.82) is 0 Å². The molecule has 0 unspecified atom stereocenters. The zero-order chi connectivity index (χ0) is 17.4. The summed E-state index contributed by atoms with van der Waals surface area (Å²) < 4.78 is 5.27. The van der Waals surface area contributed by atoms with Crippen LogP contribution in [0.4, 0.5) is 0 Å². The van der Waals surface area contributed by atoms with E-state index >= 15 is 0 Å². The Labute approximate surface area is 149 Å². The number of halogens is 1. The van der Waals surface area contributed by atoms with Gasteiger partial charge in [0.2, 0.25) is 0 Å². The smallest absolute Gasteiger partial charge is 0.276 e. The lowest BCUT2D eigenvalue weighted by Gasteiger charge is -2.11. The first-order valence-electron chi connectivity index (χ1n) is 6.89. The van der Waals surface area contributed by atoms with Crippen LogP contribution in [0.3, 0.4) is 0 Å². The van der Waals surface area contributed by atoms with E-state index in [1.54, 1.807) is 54.6 Å². The maximum absolute atomic E-state index is 11.9. The van der Waals surface area contributed by atoms with Crippen molar-refractivity contribution >= 4 is 40.7 Å². The summed E-state index contributed by atoms with van der Waals surface area (Å²) in [5.41, 5.74) is 5.19. The summed E-state index contributed by atoms with van der Waals surface area (Å²) in [7, 11) is 0. The topological polar surface area (TPSA) is 79.5 Å². The molecule has 24 heavy (non-hydrogen) atoms. The summed E-state index contributed by atoms with van der Waals surface area (Å²) in [6, 6.07) is 15.4. The van der Waals surface area contributed by atoms with Gasteiger partial charge in [0, 0.05) is 5.56 Å². The Morgan fingerprint density at radius 3 is 2.38 bits per heavy atom. The Bertz CT molecular complexity index is 740. The minimum Gasteiger partial charge on any atom is -0.482 e. The normalized spacial score (nSPS) is 9.71. The summed E-state index contributed by atoms with van der Waals surface area (Å²) in [5.74, 6) is -0.463. The number of hydrogen-bond acceptors (Lipinski definition) is 4. The van der Waals surface area contributed by atoms with Gasteiger partial charge >= 0.3 is 0 Å². The number of amides is 2. The fourth-order valence-electron chi connectivity index (χ4n) is 1.66. The van der Waals surface area contributed by atoms with Crippen LogP contribution in [-0.2, 0) is 4.79 Å². The second-order valence-corrected chi connectivity index (χ2v) is 5.36. The molecule has 0 aliphatic carbocycles. The van der Waals surface area contributed by atoms with Crippen molar-refractivity contribution in [3.63, 3.8) is 0 Å². The van der Waals surface area contributed by atoms with Gasteiger partial charge in [0.05, 0.1) is 5.02 Å². The summed E-state index contributed by atoms with van der Waals surface area (Å²) in [6.07, 6.45) is 0. The maximum Gasteiger partial charge on any atom is 0.276 e. The van der Waals surface area contributed by atoms with Gasteiger partial charge in [-0.2, -0.15) is 0 Å². The first kappa shape index (κ1) is 17.7. The predicted octanol–water partition coefficient (Wildman–Crippen LogP) is 2.05. The molecule has 0 saturated heterocycles. The van der Waals surface area contributed by atoms with Gasteiger partial charge in [0.15, 0.2) is 11.7 Å². The number of carbonyl (C=O) groups is 2. The van der Waals surface area contributed by atoms with Crippen LogP contribution in [0.2, 0.25) is 5.02 Å². The van der Waals surface area contributed by atoms with E-state index in [2.05, 4.69) is 16.2 Å². The van der Waals surface area contributed by atoms with Gasteiger partial charge < -0.3 is 4.74 Å². The van der Waals surface area contributed by atoms with Gasteiger partial charge in [-0.3, -0.25) is 25.8 Å². The molecule has 0 spiro atoms. The Kier molecular flexibility index (Phi) is 6.53. The van der Waals surface area contributed by atoms with Gasteiger partial charge in [-0.15, -0.1) is 0 Å². The Morgan fingerprint density at radius 2 is 1.67 bits per heavy atom. The highest BCUT2D eigenvalue weighted by Crippen LogP contribution is 2.22. The van der Waals surface area contributed by atoms with Crippen LogP contribution in [0.1, 0.15) is 10.4 Å². The van der Waals surface area contributed by atoms with Crippen molar-refractivity contribution in [2.45, 2.75) is 0 Å². The van der Waals surface area contributed by atoms with E-state index in [1.165, 1.54) is 0 Å². The molecule has 0 aliphatic rings. The molecule has 0 fully saturated rings. The van der Waals surface area contributed by atoms with Gasteiger partial charge in [-0.05, 0) is 36.5 Å². The molecular formula is C16H14ClN3O3S. The molecule has 124 valence electrons. The Hall–Kier alpha value is -2.64. The van der Waals surface area contributed by atoms with E-state index in [9.17, 15) is 9.59 Å². The molecule has 2 rings (SSSR count). The van der Waals surface area contributed by atoms with E-state index in [0.29, 0.717) is 16.3 Å². The number of ether oxygens (including phenoxy) is 1. The van der Waals surface area contributed by atoms with Gasteiger partial charge in [0.25, 0.3) is 11.8 Å². The van der Waals surface area contributed by atoms with Crippen LogP contribution in [0.15, 0.2) is 54.6 Å². The lowest BCUT2D eigenvalue weighted by Crippen LogP contribution is -2.49. The van der Waals surface area contributed by atoms with Crippen molar-refractivity contribution < 1.29 is 14.3 Å². The van der Waals surface area contributed by atoms with E-state index < -0.39 is 5.91 Å². The molecule has 2 aromatic rings. The van der Waals surface area contributed by atoms with E-state index in [1.807, 2.05) is 0 Å². The monoisotopic (exact) mass is 363 g/mol. The molecule has 8 heteroatoms. The molecule has 0 radical (unpaired) electrons. The molecule has 0 aromatic heterocycles. The summed E-state index contributed by atoms with van der Waals surface area (Å²) in [4.78, 5) is 23.5. The standard InChI is InChI=1S/C16H14ClN3O3S/c17-12-8-4-5-9-13(12)23-10-14(21)19-20-16(24)18-15(22)11-6-2-1-3-7-11/h1-9H,10H2,(H,19,21)(H2,18,20,22,24).